The SMILES string of the molecule is Cc1nnc(S[C@@H](C)C(=O)Nc2ccc(F)cc2)[nH]c1=O. The van der Waals surface area contributed by atoms with E-state index >= 15 is 0 Å². The van der Waals surface area contributed by atoms with Gasteiger partial charge in [-0.25, -0.2) is 4.39 Å². The summed E-state index contributed by atoms with van der Waals surface area (Å²) in [6.07, 6.45) is 0. The minimum atomic E-state index is -0.497. The zero-order chi connectivity index (χ0) is 15.4. The van der Waals surface area contributed by atoms with Gasteiger partial charge in [0.05, 0.1) is 5.25 Å². The summed E-state index contributed by atoms with van der Waals surface area (Å²) >= 11 is 1.08. The lowest BCUT2D eigenvalue weighted by molar-refractivity contribution is -0.115. The molecular formula is C13H13FN4O2S. The van der Waals surface area contributed by atoms with E-state index in [1.54, 1.807) is 13.8 Å². The minimum absolute atomic E-state index is 0.266. The Morgan fingerprint density at radius 3 is 2.62 bits per heavy atom. The van der Waals surface area contributed by atoms with Crippen LogP contribution in [0.1, 0.15) is 12.6 Å². The molecule has 0 saturated carbocycles. The average molecular weight is 308 g/mol. The van der Waals surface area contributed by atoms with Gasteiger partial charge in [-0.05, 0) is 38.1 Å². The second kappa shape index (κ2) is 6.49. The molecule has 0 aliphatic rings. The number of thioether (sulfide) groups is 1. The van der Waals surface area contributed by atoms with Crippen molar-refractivity contribution in [2.75, 3.05) is 5.32 Å². The Labute approximate surface area is 124 Å². The van der Waals surface area contributed by atoms with Gasteiger partial charge >= 0.3 is 0 Å². The van der Waals surface area contributed by atoms with Gasteiger partial charge in [-0.2, -0.15) is 0 Å². The first-order valence-electron chi connectivity index (χ1n) is 6.12. The molecule has 0 aliphatic carbocycles. The van der Waals surface area contributed by atoms with Crippen LogP contribution in [-0.4, -0.2) is 26.3 Å². The van der Waals surface area contributed by atoms with Crippen molar-refractivity contribution in [1.82, 2.24) is 15.2 Å². The highest BCUT2D eigenvalue weighted by Gasteiger charge is 2.16. The smallest absolute Gasteiger partial charge is 0.273 e. The Hall–Kier alpha value is -2.22. The molecule has 6 nitrogen and oxygen atoms in total. The Morgan fingerprint density at radius 1 is 1.33 bits per heavy atom. The molecule has 1 heterocycles. The van der Waals surface area contributed by atoms with Crippen LogP contribution < -0.4 is 10.9 Å². The fourth-order valence-electron chi connectivity index (χ4n) is 1.43. The lowest BCUT2D eigenvalue weighted by Crippen LogP contribution is -2.23. The normalized spacial score (nSPS) is 12.0. The Kier molecular flexibility index (Phi) is 4.69. The summed E-state index contributed by atoms with van der Waals surface area (Å²) in [6, 6.07) is 5.46. The predicted octanol–water partition coefficient (Wildman–Crippen LogP) is 1.73. The molecule has 21 heavy (non-hydrogen) atoms. The Balaban J connectivity index is 2.00. The Morgan fingerprint density at radius 2 is 2.00 bits per heavy atom. The molecule has 1 aromatic carbocycles. The molecule has 0 radical (unpaired) electrons. The molecular weight excluding hydrogens is 295 g/mol. The van der Waals surface area contributed by atoms with E-state index in [0.717, 1.165) is 11.8 Å². The fourth-order valence-corrected chi connectivity index (χ4v) is 2.17. The van der Waals surface area contributed by atoms with Gasteiger partial charge in [-0.1, -0.05) is 11.8 Å². The zero-order valence-corrected chi connectivity index (χ0v) is 12.2. The number of anilines is 1. The maximum Gasteiger partial charge on any atom is 0.273 e. The lowest BCUT2D eigenvalue weighted by Gasteiger charge is -2.11. The standard InChI is InChI=1S/C13H13FN4O2S/c1-7-11(19)16-13(18-17-7)21-8(2)12(20)15-10-5-3-9(14)4-6-10/h3-6,8H,1-2H3,(H,15,20)(H,16,18,19)/t8-/m0/s1. The molecule has 2 N–H and O–H groups in total. The van der Waals surface area contributed by atoms with Crippen molar-refractivity contribution >= 4 is 23.4 Å². The van der Waals surface area contributed by atoms with Gasteiger partial charge < -0.3 is 5.32 Å². The molecule has 0 fully saturated rings. The number of amides is 1. The maximum absolute atomic E-state index is 12.8. The van der Waals surface area contributed by atoms with E-state index in [4.69, 9.17) is 0 Å². The average Bonchev–Trinajstić information content (AvgIpc) is 2.45. The van der Waals surface area contributed by atoms with E-state index < -0.39 is 5.25 Å². The van der Waals surface area contributed by atoms with Crippen molar-refractivity contribution < 1.29 is 9.18 Å². The van der Waals surface area contributed by atoms with Crippen molar-refractivity contribution in [2.45, 2.75) is 24.3 Å². The lowest BCUT2D eigenvalue weighted by atomic mass is 10.3. The number of carbonyl (C=O) groups is 1. The third-order valence-corrected chi connectivity index (χ3v) is 3.58. The van der Waals surface area contributed by atoms with Gasteiger partial charge in [0.25, 0.3) is 5.56 Å². The van der Waals surface area contributed by atoms with Gasteiger partial charge in [0.1, 0.15) is 11.5 Å². The number of rotatable bonds is 4. The van der Waals surface area contributed by atoms with Crippen molar-refractivity contribution in [3.8, 4) is 0 Å². The molecule has 2 rings (SSSR count). The summed E-state index contributed by atoms with van der Waals surface area (Å²) in [5, 5.41) is 9.93. The summed E-state index contributed by atoms with van der Waals surface area (Å²) in [7, 11) is 0. The van der Waals surface area contributed by atoms with Crippen LogP contribution in [0.15, 0.2) is 34.2 Å². The second-order valence-electron chi connectivity index (χ2n) is 4.30. The molecule has 1 aromatic heterocycles. The monoisotopic (exact) mass is 308 g/mol. The summed E-state index contributed by atoms with van der Waals surface area (Å²) in [6.45, 7) is 3.22. The topological polar surface area (TPSA) is 87.7 Å². The first kappa shape index (κ1) is 15.2. The summed E-state index contributed by atoms with van der Waals surface area (Å²) < 4.78 is 12.8. The number of aromatic nitrogens is 3. The molecule has 0 spiro atoms. The van der Waals surface area contributed by atoms with Crippen LogP contribution in [0, 0.1) is 12.7 Å². The molecule has 110 valence electrons. The van der Waals surface area contributed by atoms with E-state index in [-0.39, 0.29) is 28.1 Å². The van der Waals surface area contributed by atoms with Gasteiger partial charge in [-0.3, -0.25) is 14.6 Å². The number of H-pyrrole nitrogens is 1. The number of hydrogen-bond acceptors (Lipinski definition) is 5. The highest BCUT2D eigenvalue weighted by Crippen LogP contribution is 2.19. The van der Waals surface area contributed by atoms with Crippen molar-refractivity contribution in [2.24, 2.45) is 0 Å². The van der Waals surface area contributed by atoms with Crippen LogP contribution in [0.5, 0.6) is 0 Å². The number of nitrogens with zero attached hydrogens (tertiary/aromatic N) is 2. The summed E-state index contributed by atoms with van der Waals surface area (Å²) in [5.74, 6) is -0.655. The van der Waals surface area contributed by atoms with Crippen molar-refractivity contribution in [3.05, 3.63) is 46.1 Å². The maximum atomic E-state index is 12.8. The van der Waals surface area contributed by atoms with Gasteiger partial charge in [0, 0.05) is 5.69 Å². The number of aryl methyl sites for hydroxylation is 1. The van der Waals surface area contributed by atoms with Crippen LogP contribution >= 0.6 is 11.8 Å². The third-order valence-electron chi connectivity index (χ3n) is 2.61. The number of carbonyl (C=O) groups excluding carboxylic acids is 1. The first-order valence-corrected chi connectivity index (χ1v) is 7.00. The van der Waals surface area contributed by atoms with E-state index in [1.165, 1.54) is 24.3 Å². The minimum Gasteiger partial charge on any atom is -0.325 e. The van der Waals surface area contributed by atoms with Crippen LogP contribution in [0.4, 0.5) is 10.1 Å². The highest BCUT2D eigenvalue weighted by molar-refractivity contribution is 8.00. The highest BCUT2D eigenvalue weighted by atomic mass is 32.2. The molecule has 8 heteroatoms. The molecule has 0 saturated heterocycles. The molecule has 2 aromatic rings. The van der Waals surface area contributed by atoms with Crippen LogP contribution in [-0.2, 0) is 4.79 Å². The quantitative estimate of drug-likeness (QED) is 0.840. The zero-order valence-electron chi connectivity index (χ0n) is 11.4. The van der Waals surface area contributed by atoms with Crippen LogP contribution in [0.3, 0.4) is 0 Å². The molecule has 0 bridgehead atoms. The Bertz CT molecular complexity index is 702. The second-order valence-corrected chi connectivity index (χ2v) is 5.63. The molecule has 1 amide bonds. The van der Waals surface area contributed by atoms with E-state index in [0.29, 0.717) is 5.69 Å². The predicted molar refractivity (Wildman–Crippen MR) is 77.7 cm³/mol. The molecule has 1 atom stereocenters. The van der Waals surface area contributed by atoms with Crippen LogP contribution in [0.25, 0.3) is 0 Å². The third kappa shape index (κ3) is 4.12. The van der Waals surface area contributed by atoms with Gasteiger partial charge in [0.2, 0.25) is 5.91 Å². The largest absolute Gasteiger partial charge is 0.325 e. The van der Waals surface area contributed by atoms with Crippen molar-refractivity contribution in [1.29, 1.82) is 0 Å². The first-order chi connectivity index (χ1) is 9.95. The van der Waals surface area contributed by atoms with E-state index in [1.807, 2.05) is 0 Å². The van der Waals surface area contributed by atoms with Gasteiger partial charge in [-0.15, -0.1) is 10.2 Å². The van der Waals surface area contributed by atoms with Crippen molar-refractivity contribution in [3.63, 3.8) is 0 Å². The van der Waals surface area contributed by atoms with Crippen LogP contribution in [0.2, 0.25) is 0 Å². The number of hydrogen-bond donors (Lipinski definition) is 2. The number of halogens is 1. The summed E-state index contributed by atoms with van der Waals surface area (Å²) in [4.78, 5) is 25.9. The number of aromatic amines is 1. The van der Waals surface area contributed by atoms with E-state index in [2.05, 4.69) is 20.5 Å². The molecule has 0 unspecified atom stereocenters. The molecule has 0 aliphatic heterocycles. The van der Waals surface area contributed by atoms with E-state index in [9.17, 15) is 14.0 Å². The fraction of sp³-hybridized carbons (Fsp3) is 0.231. The van der Waals surface area contributed by atoms with Gasteiger partial charge in [0.15, 0.2) is 5.16 Å². The summed E-state index contributed by atoms with van der Waals surface area (Å²) in [5.41, 5.74) is 0.429. The number of benzene rings is 1. The number of nitrogens with one attached hydrogen (secondary N) is 2.